The normalized spacial score (nSPS) is 52.4. The van der Waals surface area contributed by atoms with Crippen LogP contribution in [0.4, 0.5) is 0 Å². The highest BCUT2D eigenvalue weighted by molar-refractivity contribution is 5.80. The number of carbonyl (C=O) groups is 1. The second kappa shape index (κ2) is 7.24. The first-order valence-corrected chi connectivity index (χ1v) is 12.8. The number of aliphatic hydroxyl groups is 1. The summed E-state index contributed by atoms with van der Waals surface area (Å²) in [7, 11) is 0. The molecule has 0 unspecified atom stereocenters. The van der Waals surface area contributed by atoms with Gasteiger partial charge in [0.15, 0.2) is 0 Å². The lowest BCUT2D eigenvalue weighted by atomic mass is 9.49. The Labute approximate surface area is 178 Å². The lowest BCUT2D eigenvalue weighted by Crippen LogP contribution is -2.53. The SMILES string of the molecule is C[C@H]1CCCCN1C(=O)[C@H]1CC[C@H]2[C@@H]3CC[C@@H]4C[C@](C)(O)CC[C@@H]4[C@H]3CC[C@]12C. The minimum Gasteiger partial charge on any atom is -0.390 e. The second-order valence-electron chi connectivity index (χ2n) is 12.2. The standard InChI is InChI=1S/C26H43NO2/c1-17-6-4-5-15-27(17)24(28)23-10-9-22-21-8-7-18-16-25(2,29)13-11-19(18)20(21)12-14-26(22,23)3/h17-23,29H,4-16H2,1-3H3/t17-,18+,19-,20+,21+,22-,23+,25+,26-/m0/s1. The molecule has 3 heteroatoms. The minimum absolute atomic E-state index is 0.239. The number of amides is 1. The van der Waals surface area contributed by atoms with Crippen LogP contribution in [0.5, 0.6) is 0 Å². The maximum atomic E-state index is 13.6. The van der Waals surface area contributed by atoms with Gasteiger partial charge in [0.05, 0.1) is 5.60 Å². The van der Waals surface area contributed by atoms with Gasteiger partial charge in [0, 0.05) is 18.5 Å². The molecule has 4 saturated carbocycles. The van der Waals surface area contributed by atoms with E-state index in [9.17, 15) is 9.90 Å². The van der Waals surface area contributed by atoms with Gasteiger partial charge < -0.3 is 10.0 Å². The zero-order chi connectivity index (χ0) is 20.4. The highest BCUT2D eigenvalue weighted by Crippen LogP contribution is 2.64. The van der Waals surface area contributed by atoms with Gasteiger partial charge in [0.2, 0.25) is 5.91 Å². The summed E-state index contributed by atoms with van der Waals surface area (Å²) in [4.78, 5) is 15.9. The predicted octanol–water partition coefficient (Wildman–Crippen LogP) is 5.41. The number of hydrogen-bond acceptors (Lipinski definition) is 2. The molecule has 1 N–H and O–H groups in total. The summed E-state index contributed by atoms with van der Waals surface area (Å²) in [5.74, 6) is 4.84. The molecule has 1 amide bonds. The molecule has 1 aliphatic heterocycles. The molecular formula is C26H43NO2. The van der Waals surface area contributed by atoms with E-state index in [0.717, 1.165) is 55.4 Å². The van der Waals surface area contributed by atoms with Crippen molar-refractivity contribution in [2.45, 2.75) is 109 Å². The van der Waals surface area contributed by atoms with Crippen LogP contribution in [0.2, 0.25) is 0 Å². The molecule has 5 fully saturated rings. The zero-order valence-corrected chi connectivity index (χ0v) is 19.0. The summed E-state index contributed by atoms with van der Waals surface area (Å²) >= 11 is 0. The van der Waals surface area contributed by atoms with E-state index in [1.807, 2.05) is 0 Å². The third-order valence-corrected chi connectivity index (χ3v) is 10.6. The molecule has 0 aromatic carbocycles. The fourth-order valence-corrected chi connectivity index (χ4v) is 9.11. The second-order valence-corrected chi connectivity index (χ2v) is 12.2. The van der Waals surface area contributed by atoms with Crippen LogP contribution in [0.25, 0.3) is 0 Å². The van der Waals surface area contributed by atoms with Crippen LogP contribution in [-0.2, 0) is 4.79 Å². The fourth-order valence-electron chi connectivity index (χ4n) is 9.11. The van der Waals surface area contributed by atoms with Gasteiger partial charge in [-0.25, -0.2) is 0 Å². The van der Waals surface area contributed by atoms with Gasteiger partial charge in [-0.2, -0.15) is 0 Å². The molecule has 164 valence electrons. The van der Waals surface area contributed by atoms with Crippen LogP contribution >= 0.6 is 0 Å². The molecule has 5 aliphatic rings. The maximum Gasteiger partial charge on any atom is 0.226 e. The number of rotatable bonds is 1. The van der Waals surface area contributed by atoms with E-state index in [4.69, 9.17) is 0 Å². The van der Waals surface area contributed by atoms with Crippen LogP contribution in [0.15, 0.2) is 0 Å². The summed E-state index contributed by atoms with van der Waals surface area (Å²) in [5, 5.41) is 10.6. The van der Waals surface area contributed by atoms with Crippen LogP contribution < -0.4 is 0 Å². The summed E-state index contributed by atoms with van der Waals surface area (Å²) in [5.41, 5.74) is -0.185. The van der Waals surface area contributed by atoms with Crippen LogP contribution in [-0.4, -0.2) is 34.1 Å². The lowest BCUT2D eigenvalue weighted by Gasteiger charge is -2.57. The van der Waals surface area contributed by atoms with Crippen molar-refractivity contribution in [1.82, 2.24) is 4.90 Å². The summed E-state index contributed by atoms with van der Waals surface area (Å²) in [6.07, 6.45) is 14.6. The number of likely N-dealkylation sites (tertiary alicyclic amines) is 1. The Morgan fingerprint density at radius 2 is 1.69 bits per heavy atom. The first kappa shape index (κ1) is 20.3. The van der Waals surface area contributed by atoms with Crippen molar-refractivity contribution < 1.29 is 9.90 Å². The number of hydrogen-bond donors (Lipinski definition) is 1. The van der Waals surface area contributed by atoms with E-state index in [2.05, 4.69) is 25.7 Å². The van der Waals surface area contributed by atoms with E-state index >= 15 is 0 Å². The molecular weight excluding hydrogens is 358 g/mol. The van der Waals surface area contributed by atoms with E-state index in [0.29, 0.717) is 11.9 Å². The van der Waals surface area contributed by atoms with E-state index in [1.54, 1.807) is 0 Å². The number of nitrogens with zero attached hydrogens (tertiary/aromatic N) is 1. The van der Waals surface area contributed by atoms with E-state index < -0.39 is 5.60 Å². The monoisotopic (exact) mass is 401 g/mol. The molecule has 1 heterocycles. The molecule has 4 aliphatic carbocycles. The average Bonchev–Trinajstić information content (AvgIpc) is 3.04. The Balaban J connectivity index is 1.33. The predicted molar refractivity (Wildman–Crippen MR) is 116 cm³/mol. The summed E-state index contributed by atoms with van der Waals surface area (Å²) in [6.45, 7) is 7.81. The highest BCUT2D eigenvalue weighted by Gasteiger charge is 2.59. The van der Waals surface area contributed by atoms with Gasteiger partial charge in [0.1, 0.15) is 0 Å². The molecule has 5 rings (SSSR count). The molecule has 3 nitrogen and oxygen atoms in total. The van der Waals surface area contributed by atoms with Crippen molar-refractivity contribution in [1.29, 1.82) is 0 Å². The van der Waals surface area contributed by atoms with Gasteiger partial charge in [0.25, 0.3) is 0 Å². The average molecular weight is 402 g/mol. The largest absolute Gasteiger partial charge is 0.390 e. The topological polar surface area (TPSA) is 40.5 Å². The third-order valence-electron chi connectivity index (χ3n) is 10.6. The maximum absolute atomic E-state index is 13.6. The quantitative estimate of drug-likeness (QED) is 0.638. The van der Waals surface area contributed by atoms with Crippen molar-refractivity contribution in [2.24, 2.45) is 40.9 Å². The van der Waals surface area contributed by atoms with Crippen LogP contribution in [0, 0.1) is 40.9 Å². The Hall–Kier alpha value is -0.570. The number of fused-ring (bicyclic) bond motifs is 5. The van der Waals surface area contributed by atoms with Gasteiger partial charge in [-0.15, -0.1) is 0 Å². The van der Waals surface area contributed by atoms with Gasteiger partial charge in [-0.1, -0.05) is 6.92 Å². The first-order valence-electron chi connectivity index (χ1n) is 12.8. The molecule has 9 atom stereocenters. The Kier molecular flexibility index (Phi) is 5.08. The summed E-state index contributed by atoms with van der Waals surface area (Å²) in [6, 6.07) is 0.445. The van der Waals surface area contributed by atoms with Gasteiger partial charge in [-0.05, 0) is 126 Å². The zero-order valence-electron chi connectivity index (χ0n) is 19.0. The molecule has 29 heavy (non-hydrogen) atoms. The van der Waals surface area contributed by atoms with Gasteiger partial charge >= 0.3 is 0 Å². The number of carbonyl (C=O) groups excluding carboxylic acids is 1. The van der Waals surface area contributed by atoms with Crippen molar-refractivity contribution >= 4 is 5.91 Å². The van der Waals surface area contributed by atoms with Crippen molar-refractivity contribution in [3.05, 3.63) is 0 Å². The Morgan fingerprint density at radius 1 is 0.897 bits per heavy atom. The van der Waals surface area contributed by atoms with Crippen molar-refractivity contribution in [3.63, 3.8) is 0 Å². The third kappa shape index (κ3) is 3.29. The molecule has 0 spiro atoms. The van der Waals surface area contributed by atoms with Crippen LogP contribution in [0.3, 0.4) is 0 Å². The fraction of sp³-hybridized carbons (Fsp3) is 0.962. The molecule has 0 bridgehead atoms. The smallest absolute Gasteiger partial charge is 0.226 e. The molecule has 1 saturated heterocycles. The lowest BCUT2D eigenvalue weighted by molar-refractivity contribution is -0.147. The Bertz CT molecular complexity index is 645. The Morgan fingerprint density at radius 3 is 2.48 bits per heavy atom. The van der Waals surface area contributed by atoms with Crippen LogP contribution in [0.1, 0.15) is 97.8 Å². The first-order chi connectivity index (χ1) is 13.8. The molecule has 0 radical (unpaired) electrons. The minimum atomic E-state index is -0.423. The molecule has 0 aromatic rings. The van der Waals surface area contributed by atoms with Crippen molar-refractivity contribution in [2.75, 3.05) is 6.54 Å². The van der Waals surface area contributed by atoms with E-state index in [-0.39, 0.29) is 11.3 Å². The van der Waals surface area contributed by atoms with E-state index in [1.165, 1.54) is 57.8 Å². The van der Waals surface area contributed by atoms with Gasteiger partial charge in [-0.3, -0.25) is 4.79 Å². The van der Waals surface area contributed by atoms with Crippen molar-refractivity contribution in [3.8, 4) is 0 Å². The molecule has 0 aromatic heterocycles. The summed E-state index contributed by atoms with van der Waals surface area (Å²) < 4.78 is 0. The number of piperidine rings is 1. The highest BCUT2D eigenvalue weighted by atomic mass is 16.3.